The highest BCUT2D eigenvalue weighted by Crippen LogP contribution is 2.34. The summed E-state index contributed by atoms with van der Waals surface area (Å²) in [5, 5.41) is 19.2. The Kier molecular flexibility index (Phi) is 7.95. The van der Waals surface area contributed by atoms with Gasteiger partial charge >= 0.3 is 0 Å². The van der Waals surface area contributed by atoms with E-state index in [1.807, 2.05) is 22.9 Å². The summed E-state index contributed by atoms with van der Waals surface area (Å²) in [6.07, 6.45) is 0.781. The molecule has 1 amide bonds. The van der Waals surface area contributed by atoms with Gasteiger partial charge in [-0.05, 0) is 42.0 Å². The molecule has 0 spiro atoms. The molecule has 0 bridgehead atoms. The van der Waals surface area contributed by atoms with Crippen molar-refractivity contribution in [2.75, 3.05) is 11.1 Å². The molecule has 0 aliphatic carbocycles. The van der Waals surface area contributed by atoms with E-state index in [-0.39, 0.29) is 27.6 Å². The van der Waals surface area contributed by atoms with Gasteiger partial charge in [-0.15, -0.1) is 22.7 Å². The molecular weight excluding hydrogens is 526 g/mol. The number of nitrogens with zero attached hydrogens (tertiary/aromatic N) is 2. The van der Waals surface area contributed by atoms with E-state index in [4.69, 9.17) is 16.6 Å². The molecule has 0 saturated heterocycles. The molecule has 3 aromatic heterocycles. The van der Waals surface area contributed by atoms with Crippen LogP contribution in [0.4, 0.5) is 5.69 Å². The molecule has 1 aromatic carbocycles. The van der Waals surface area contributed by atoms with E-state index >= 15 is 0 Å². The minimum Gasteiger partial charge on any atom is -0.545 e. The molecule has 182 valence electrons. The molecule has 0 saturated carbocycles. The summed E-state index contributed by atoms with van der Waals surface area (Å²) in [6, 6.07) is 7.98. The zero-order valence-corrected chi connectivity index (χ0v) is 22.1. The lowest BCUT2D eigenvalue weighted by Gasteiger charge is -2.14. The second-order valence-corrected chi connectivity index (χ2v) is 11.3. The van der Waals surface area contributed by atoms with Gasteiger partial charge in [0.2, 0.25) is 5.91 Å². The van der Waals surface area contributed by atoms with Gasteiger partial charge in [-0.2, -0.15) is 0 Å². The monoisotopic (exact) mass is 546 g/mol. The van der Waals surface area contributed by atoms with Crippen molar-refractivity contribution in [3.05, 3.63) is 62.0 Å². The van der Waals surface area contributed by atoms with Crippen molar-refractivity contribution < 1.29 is 14.7 Å². The first kappa shape index (κ1) is 25.4. The van der Waals surface area contributed by atoms with Crippen molar-refractivity contribution in [2.45, 2.75) is 32.0 Å². The molecule has 4 rings (SSSR count). The normalized spacial score (nSPS) is 11.3. The van der Waals surface area contributed by atoms with Crippen molar-refractivity contribution in [3.8, 4) is 10.4 Å². The molecule has 0 fully saturated rings. The standard InChI is InChI=1S/C24H22ClN3O4S3/c1-13(2)7-8-28-22(30)20-16(18-4-3-9-33-18)11-34-21(20)27-24(28)35-12-19(29)26-17-10-14(25)5-6-15(17)23(31)32/h3-6,9-11,13H,7-8,12H2,1-2H3,(H,26,29)(H,31,32)/p-1. The highest BCUT2D eigenvalue weighted by Gasteiger charge is 2.19. The summed E-state index contributed by atoms with van der Waals surface area (Å²) in [5.41, 5.74) is 0.640. The fraction of sp³-hybridized carbons (Fsp3) is 0.250. The van der Waals surface area contributed by atoms with Crippen LogP contribution in [-0.2, 0) is 11.3 Å². The number of carboxylic acids is 1. The van der Waals surface area contributed by atoms with Crippen molar-refractivity contribution in [3.63, 3.8) is 0 Å². The Hall–Kier alpha value is -2.66. The number of thioether (sulfide) groups is 1. The molecule has 0 unspecified atom stereocenters. The van der Waals surface area contributed by atoms with Crippen LogP contribution < -0.4 is 16.0 Å². The van der Waals surface area contributed by atoms with E-state index in [1.165, 1.54) is 29.5 Å². The number of benzene rings is 1. The third-order valence-electron chi connectivity index (χ3n) is 5.18. The van der Waals surface area contributed by atoms with Crippen LogP contribution in [0, 0.1) is 5.92 Å². The van der Waals surface area contributed by atoms with Crippen molar-refractivity contribution in [1.29, 1.82) is 0 Å². The minimum atomic E-state index is -1.42. The van der Waals surface area contributed by atoms with Crippen LogP contribution in [0.5, 0.6) is 0 Å². The number of carbonyl (C=O) groups is 2. The number of carboxylic acid groups (broad SMARTS) is 1. The molecule has 3 heterocycles. The van der Waals surface area contributed by atoms with E-state index in [9.17, 15) is 19.5 Å². The topological polar surface area (TPSA) is 104 Å². The first-order valence-corrected chi connectivity index (χ1v) is 13.9. The van der Waals surface area contributed by atoms with Crippen LogP contribution in [0.1, 0.15) is 30.6 Å². The largest absolute Gasteiger partial charge is 0.545 e. The first-order valence-electron chi connectivity index (χ1n) is 10.7. The molecule has 7 nitrogen and oxygen atoms in total. The molecular formula is C24H21ClN3O4S3-. The van der Waals surface area contributed by atoms with Gasteiger partial charge in [-0.1, -0.05) is 43.3 Å². The van der Waals surface area contributed by atoms with Gasteiger partial charge in [0, 0.05) is 33.0 Å². The molecule has 0 aliphatic rings. The molecule has 1 N–H and O–H groups in total. The maximum atomic E-state index is 13.6. The van der Waals surface area contributed by atoms with Crippen LogP contribution >= 0.6 is 46.0 Å². The molecule has 0 aliphatic heterocycles. The summed E-state index contributed by atoms with van der Waals surface area (Å²) in [6.45, 7) is 4.64. The number of aromatic carboxylic acids is 1. The van der Waals surface area contributed by atoms with E-state index in [0.717, 1.165) is 28.6 Å². The number of fused-ring (bicyclic) bond motifs is 1. The number of halogens is 1. The smallest absolute Gasteiger partial charge is 0.263 e. The van der Waals surface area contributed by atoms with E-state index in [2.05, 4.69) is 19.2 Å². The maximum Gasteiger partial charge on any atom is 0.263 e. The van der Waals surface area contributed by atoms with E-state index < -0.39 is 11.9 Å². The Morgan fingerprint density at radius 1 is 1.26 bits per heavy atom. The second kappa shape index (κ2) is 10.9. The van der Waals surface area contributed by atoms with Crippen LogP contribution in [-0.4, -0.2) is 27.2 Å². The Balaban J connectivity index is 1.63. The van der Waals surface area contributed by atoms with Gasteiger partial charge in [-0.3, -0.25) is 14.2 Å². The van der Waals surface area contributed by atoms with Gasteiger partial charge in [0.25, 0.3) is 5.56 Å². The zero-order valence-electron chi connectivity index (χ0n) is 18.9. The predicted molar refractivity (Wildman–Crippen MR) is 142 cm³/mol. The molecule has 35 heavy (non-hydrogen) atoms. The third-order valence-corrected chi connectivity index (χ3v) is 8.17. The van der Waals surface area contributed by atoms with Crippen LogP contribution in [0.2, 0.25) is 5.02 Å². The number of hydrogen-bond donors (Lipinski definition) is 1. The molecule has 11 heteroatoms. The van der Waals surface area contributed by atoms with Crippen molar-refractivity contribution >= 4 is 73.8 Å². The number of nitrogens with one attached hydrogen (secondary N) is 1. The fourth-order valence-corrected chi connectivity index (χ4v) is 6.23. The van der Waals surface area contributed by atoms with Gasteiger partial charge < -0.3 is 15.2 Å². The summed E-state index contributed by atoms with van der Waals surface area (Å²) in [7, 11) is 0. The van der Waals surface area contributed by atoms with Crippen LogP contribution in [0.15, 0.2) is 51.0 Å². The number of rotatable bonds is 9. The number of carbonyl (C=O) groups excluding carboxylic acids is 2. The quantitative estimate of drug-likeness (QED) is 0.234. The summed E-state index contributed by atoms with van der Waals surface area (Å²) in [4.78, 5) is 43.9. The SMILES string of the molecule is CC(C)CCn1c(SCC(=O)Nc2cc(Cl)ccc2C(=O)[O-])nc2scc(-c3cccs3)c2c1=O. The third kappa shape index (κ3) is 5.78. The zero-order chi connectivity index (χ0) is 25.1. The van der Waals surface area contributed by atoms with Crippen LogP contribution in [0.3, 0.4) is 0 Å². The molecule has 4 aromatic rings. The van der Waals surface area contributed by atoms with Gasteiger partial charge in [0.1, 0.15) is 4.83 Å². The van der Waals surface area contributed by atoms with E-state index in [1.54, 1.807) is 15.9 Å². The van der Waals surface area contributed by atoms with Gasteiger partial charge in [0.05, 0.1) is 22.8 Å². The number of amides is 1. The lowest BCUT2D eigenvalue weighted by molar-refractivity contribution is -0.254. The Morgan fingerprint density at radius 3 is 2.74 bits per heavy atom. The van der Waals surface area contributed by atoms with Gasteiger partial charge in [0.15, 0.2) is 5.16 Å². The summed E-state index contributed by atoms with van der Waals surface area (Å²) >= 11 is 10.1. The highest BCUT2D eigenvalue weighted by atomic mass is 35.5. The Labute approximate surface area is 218 Å². The summed E-state index contributed by atoms with van der Waals surface area (Å²) in [5.74, 6) is -1.56. The van der Waals surface area contributed by atoms with E-state index in [0.29, 0.717) is 27.8 Å². The highest BCUT2D eigenvalue weighted by molar-refractivity contribution is 7.99. The Morgan fingerprint density at radius 2 is 2.06 bits per heavy atom. The number of anilines is 1. The van der Waals surface area contributed by atoms with Crippen molar-refractivity contribution in [1.82, 2.24) is 9.55 Å². The minimum absolute atomic E-state index is 0.0579. The fourth-order valence-electron chi connectivity index (χ4n) is 3.43. The lowest BCUT2D eigenvalue weighted by Crippen LogP contribution is -2.26. The predicted octanol–water partition coefficient (Wildman–Crippen LogP) is 4.98. The average molecular weight is 547 g/mol. The second-order valence-electron chi connectivity index (χ2n) is 8.15. The Bertz CT molecular complexity index is 1440. The number of aromatic nitrogens is 2. The number of hydrogen-bond acceptors (Lipinski definition) is 8. The molecule has 0 radical (unpaired) electrons. The average Bonchev–Trinajstić information content (AvgIpc) is 3.46. The van der Waals surface area contributed by atoms with Gasteiger partial charge in [-0.25, -0.2) is 4.98 Å². The van der Waals surface area contributed by atoms with Crippen LogP contribution in [0.25, 0.3) is 20.7 Å². The number of thiophene rings is 2. The lowest BCUT2D eigenvalue weighted by atomic mass is 10.1. The maximum absolute atomic E-state index is 13.6. The van der Waals surface area contributed by atoms with Crippen molar-refractivity contribution in [2.24, 2.45) is 5.92 Å². The summed E-state index contributed by atoms with van der Waals surface area (Å²) < 4.78 is 1.64. The molecule has 0 atom stereocenters. The first-order chi connectivity index (χ1) is 16.7.